The molecular formula is C18H21N5OS. The molecule has 1 fully saturated rings. The van der Waals surface area contributed by atoms with E-state index in [1.54, 1.807) is 11.3 Å². The highest BCUT2D eigenvalue weighted by molar-refractivity contribution is 7.13. The third-order valence-electron chi connectivity index (χ3n) is 4.51. The number of hydrogen-bond acceptors (Lipinski definition) is 7. The Balaban J connectivity index is 1.35. The molecule has 7 heteroatoms. The van der Waals surface area contributed by atoms with Crippen LogP contribution >= 0.6 is 11.3 Å². The predicted molar refractivity (Wildman–Crippen MR) is 98.7 cm³/mol. The minimum atomic E-state index is 0.666. The lowest BCUT2D eigenvalue weighted by molar-refractivity contribution is 0.215. The number of thiazole rings is 1. The molecule has 1 saturated heterocycles. The van der Waals surface area contributed by atoms with Gasteiger partial charge in [-0.15, -0.1) is 11.3 Å². The molecule has 25 heavy (non-hydrogen) atoms. The summed E-state index contributed by atoms with van der Waals surface area (Å²) in [5.41, 5.74) is 2.31. The van der Waals surface area contributed by atoms with E-state index in [0.29, 0.717) is 18.3 Å². The van der Waals surface area contributed by atoms with Crippen LogP contribution in [0, 0.1) is 0 Å². The Labute approximate surface area is 151 Å². The normalized spacial score (nSPS) is 15.6. The maximum absolute atomic E-state index is 5.45. The van der Waals surface area contributed by atoms with Gasteiger partial charge in [0.25, 0.3) is 0 Å². The minimum absolute atomic E-state index is 0.666. The molecule has 0 unspecified atom stereocenters. The number of aryl methyl sites for hydroxylation is 1. The number of hydrogen-bond donors (Lipinski definition) is 0. The lowest BCUT2D eigenvalue weighted by Crippen LogP contribution is -2.46. The quantitative estimate of drug-likeness (QED) is 0.701. The van der Waals surface area contributed by atoms with Gasteiger partial charge in [-0.25, -0.2) is 4.98 Å². The average Bonchev–Trinajstić information content (AvgIpc) is 3.35. The first kappa shape index (κ1) is 16.2. The van der Waals surface area contributed by atoms with Gasteiger partial charge < -0.3 is 9.42 Å². The van der Waals surface area contributed by atoms with E-state index in [-0.39, 0.29) is 0 Å². The van der Waals surface area contributed by atoms with Gasteiger partial charge in [0, 0.05) is 43.3 Å². The van der Waals surface area contributed by atoms with Crippen molar-refractivity contribution < 1.29 is 4.52 Å². The van der Waals surface area contributed by atoms with Crippen LogP contribution in [0.5, 0.6) is 0 Å². The Kier molecular flexibility index (Phi) is 4.76. The zero-order valence-corrected chi connectivity index (χ0v) is 15.1. The van der Waals surface area contributed by atoms with Gasteiger partial charge in [-0.1, -0.05) is 36.3 Å². The Morgan fingerprint density at radius 2 is 1.92 bits per heavy atom. The lowest BCUT2D eigenvalue weighted by atomic mass is 10.1. The minimum Gasteiger partial charge on any atom is -0.346 e. The van der Waals surface area contributed by atoms with Crippen LogP contribution < -0.4 is 4.90 Å². The highest BCUT2D eigenvalue weighted by Gasteiger charge is 2.20. The van der Waals surface area contributed by atoms with Crippen molar-refractivity contribution in [3.63, 3.8) is 0 Å². The number of aromatic nitrogens is 3. The second-order valence-electron chi connectivity index (χ2n) is 6.14. The third-order valence-corrected chi connectivity index (χ3v) is 5.34. The van der Waals surface area contributed by atoms with Crippen molar-refractivity contribution in [2.24, 2.45) is 0 Å². The standard InChI is InChI=1S/C18H21N5OS/c1-2-14-3-5-15(6-4-14)17-20-16(24-21-17)13-22-8-10-23(11-9-22)18-19-7-12-25-18/h3-7,12H,2,8-11,13H2,1H3. The van der Waals surface area contributed by atoms with Gasteiger partial charge in [0.1, 0.15) is 0 Å². The van der Waals surface area contributed by atoms with Crippen LogP contribution in [0.25, 0.3) is 11.4 Å². The lowest BCUT2D eigenvalue weighted by Gasteiger charge is -2.33. The SMILES string of the molecule is CCc1ccc(-c2noc(CN3CCN(c4nccs4)CC3)n2)cc1. The molecule has 130 valence electrons. The monoisotopic (exact) mass is 355 g/mol. The first-order valence-electron chi connectivity index (χ1n) is 8.60. The van der Waals surface area contributed by atoms with E-state index in [4.69, 9.17) is 4.52 Å². The van der Waals surface area contributed by atoms with Crippen LogP contribution in [-0.4, -0.2) is 46.2 Å². The smallest absolute Gasteiger partial charge is 0.241 e. The van der Waals surface area contributed by atoms with Crippen molar-refractivity contribution >= 4 is 16.5 Å². The van der Waals surface area contributed by atoms with Crippen LogP contribution in [-0.2, 0) is 13.0 Å². The molecule has 0 spiro atoms. The summed E-state index contributed by atoms with van der Waals surface area (Å²) in [4.78, 5) is 13.6. The third kappa shape index (κ3) is 3.72. The fraction of sp³-hybridized carbons (Fsp3) is 0.389. The predicted octanol–water partition coefficient (Wildman–Crippen LogP) is 3.08. The summed E-state index contributed by atoms with van der Waals surface area (Å²) in [6.07, 6.45) is 2.89. The fourth-order valence-electron chi connectivity index (χ4n) is 2.99. The zero-order valence-electron chi connectivity index (χ0n) is 14.3. The van der Waals surface area contributed by atoms with Crippen LogP contribution in [0.1, 0.15) is 18.4 Å². The van der Waals surface area contributed by atoms with Crippen LogP contribution in [0.15, 0.2) is 40.4 Å². The highest BCUT2D eigenvalue weighted by atomic mass is 32.1. The average molecular weight is 355 g/mol. The number of rotatable bonds is 5. The summed E-state index contributed by atoms with van der Waals surface area (Å²) in [6, 6.07) is 8.34. The van der Waals surface area contributed by atoms with Gasteiger partial charge in [0.05, 0.1) is 6.54 Å². The Bertz CT molecular complexity index is 791. The first-order valence-corrected chi connectivity index (χ1v) is 9.48. The van der Waals surface area contributed by atoms with Crippen molar-refractivity contribution in [2.75, 3.05) is 31.1 Å². The topological polar surface area (TPSA) is 58.3 Å². The van der Waals surface area contributed by atoms with Crippen LogP contribution in [0.3, 0.4) is 0 Å². The van der Waals surface area contributed by atoms with E-state index < -0.39 is 0 Å². The van der Waals surface area contributed by atoms with Crippen molar-refractivity contribution in [3.8, 4) is 11.4 Å². The van der Waals surface area contributed by atoms with Gasteiger partial charge in [-0.05, 0) is 12.0 Å². The Hall–Kier alpha value is -2.25. The van der Waals surface area contributed by atoms with E-state index in [9.17, 15) is 0 Å². The largest absolute Gasteiger partial charge is 0.346 e. The fourth-order valence-corrected chi connectivity index (χ4v) is 3.68. The number of nitrogens with zero attached hydrogens (tertiary/aromatic N) is 5. The van der Waals surface area contributed by atoms with Gasteiger partial charge in [-0.2, -0.15) is 4.98 Å². The molecule has 3 heterocycles. The van der Waals surface area contributed by atoms with Gasteiger partial charge in [-0.3, -0.25) is 4.90 Å². The molecule has 6 nitrogen and oxygen atoms in total. The summed E-state index contributed by atoms with van der Waals surface area (Å²) >= 11 is 1.69. The van der Waals surface area contributed by atoms with Crippen molar-refractivity contribution in [2.45, 2.75) is 19.9 Å². The molecule has 0 amide bonds. The summed E-state index contributed by atoms with van der Waals surface area (Å²) in [5.74, 6) is 1.34. The Morgan fingerprint density at radius 1 is 1.12 bits per heavy atom. The number of benzene rings is 1. The van der Waals surface area contributed by atoms with E-state index >= 15 is 0 Å². The van der Waals surface area contributed by atoms with E-state index in [1.807, 2.05) is 11.6 Å². The molecule has 1 aliphatic rings. The first-order chi connectivity index (χ1) is 12.3. The summed E-state index contributed by atoms with van der Waals surface area (Å²) in [5, 5.41) is 7.26. The number of anilines is 1. The molecule has 1 aromatic carbocycles. The molecule has 2 aromatic heterocycles. The molecule has 0 N–H and O–H groups in total. The second kappa shape index (κ2) is 7.33. The summed E-state index contributed by atoms with van der Waals surface area (Å²) in [6.45, 7) is 6.76. The van der Waals surface area contributed by atoms with Crippen molar-refractivity contribution in [1.82, 2.24) is 20.0 Å². The van der Waals surface area contributed by atoms with Crippen LogP contribution in [0.4, 0.5) is 5.13 Å². The van der Waals surface area contributed by atoms with Crippen molar-refractivity contribution in [1.29, 1.82) is 0 Å². The second-order valence-corrected chi connectivity index (χ2v) is 7.01. The van der Waals surface area contributed by atoms with Crippen LogP contribution in [0.2, 0.25) is 0 Å². The summed E-state index contributed by atoms with van der Waals surface area (Å²) < 4.78 is 5.45. The van der Waals surface area contributed by atoms with Gasteiger partial charge in [0.2, 0.25) is 11.7 Å². The molecule has 0 saturated carbocycles. The van der Waals surface area contributed by atoms with Crippen molar-refractivity contribution in [3.05, 3.63) is 47.3 Å². The molecular weight excluding hydrogens is 334 g/mol. The molecule has 1 aliphatic heterocycles. The molecule has 0 atom stereocenters. The summed E-state index contributed by atoms with van der Waals surface area (Å²) in [7, 11) is 0. The maximum Gasteiger partial charge on any atom is 0.241 e. The molecule has 0 radical (unpaired) electrons. The van der Waals surface area contributed by atoms with E-state index in [1.165, 1.54) is 5.56 Å². The highest BCUT2D eigenvalue weighted by Crippen LogP contribution is 2.20. The van der Waals surface area contributed by atoms with E-state index in [2.05, 4.69) is 56.1 Å². The Morgan fingerprint density at radius 3 is 2.60 bits per heavy atom. The van der Waals surface area contributed by atoms with Gasteiger partial charge in [0.15, 0.2) is 5.13 Å². The zero-order chi connectivity index (χ0) is 17.1. The molecule has 4 rings (SSSR count). The molecule has 3 aromatic rings. The molecule has 0 aliphatic carbocycles. The number of piperazine rings is 1. The van der Waals surface area contributed by atoms with E-state index in [0.717, 1.165) is 43.3 Å². The maximum atomic E-state index is 5.45. The van der Waals surface area contributed by atoms with Gasteiger partial charge >= 0.3 is 0 Å². The molecule has 0 bridgehead atoms.